The molecule has 3 nitrogen and oxygen atoms in total. The van der Waals surface area contributed by atoms with Gasteiger partial charge in [0.1, 0.15) is 5.75 Å². The van der Waals surface area contributed by atoms with Crippen molar-refractivity contribution in [1.29, 1.82) is 0 Å². The van der Waals surface area contributed by atoms with E-state index in [-0.39, 0.29) is 5.91 Å². The number of rotatable bonds is 6. The molecule has 0 aliphatic rings. The molecule has 0 aromatic heterocycles. The number of hydrogen-bond donors (Lipinski definition) is 1. The van der Waals surface area contributed by atoms with E-state index in [2.05, 4.69) is 5.32 Å². The molecule has 0 aliphatic heterocycles. The van der Waals surface area contributed by atoms with Crippen molar-refractivity contribution in [3.63, 3.8) is 0 Å². The lowest BCUT2D eigenvalue weighted by molar-refractivity contribution is -0.116. The van der Waals surface area contributed by atoms with Crippen LogP contribution in [0.25, 0.3) is 11.1 Å². The molecule has 3 aromatic carbocycles. The molecule has 1 N–H and O–H groups in total. The minimum absolute atomic E-state index is 0.00529. The van der Waals surface area contributed by atoms with Crippen molar-refractivity contribution in [2.24, 2.45) is 0 Å². The Morgan fingerprint density at radius 3 is 2.36 bits per heavy atom. The average Bonchev–Trinajstić information content (AvgIpc) is 2.67. The Kier molecular flexibility index (Phi) is 5.47. The molecule has 3 rings (SSSR count). The van der Waals surface area contributed by atoms with Crippen LogP contribution in [-0.2, 0) is 11.2 Å². The van der Waals surface area contributed by atoms with E-state index in [4.69, 9.17) is 4.74 Å². The highest BCUT2D eigenvalue weighted by molar-refractivity contribution is 5.95. The van der Waals surface area contributed by atoms with Crippen LogP contribution in [0.5, 0.6) is 5.75 Å². The van der Waals surface area contributed by atoms with Crippen LogP contribution in [0.3, 0.4) is 0 Å². The lowest BCUT2D eigenvalue weighted by Gasteiger charge is -2.12. The fourth-order valence-corrected chi connectivity index (χ4v) is 2.83. The fourth-order valence-electron chi connectivity index (χ4n) is 2.83. The van der Waals surface area contributed by atoms with Crippen molar-refractivity contribution >= 4 is 11.6 Å². The number of carbonyl (C=O) groups excluding carboxylic acids is 1. The summed E-state index contributed by atoms with van der Waals surface area (Å²) in [5.74, 6) is 0.814. The first-order valence-corrected chi connectivity index (χ1v) is 8.34. The van der Waals surface area contributed by atoms with Gasteiger partial charge in [0.25, 0.3) is 0 Å². The van der Waals surface area contributed by atoms with Gasteiger partial charge in [0.15, 0.2) is 0 Å². The number of benzene rings is 3. The number of hydrogen-bond acceptors (Lipinski definition) is 2. The number of methoxy groups -OCH3 is 1. The Morgan fingerprint density at radius 1 is 0.880 bits per heavy atom. The average molecular weight is 331 g/mol. The summed E-state index contributed by atoms with van der Waals surface area (Å²) >= 11 is 0. The zero-order valence-corrected chi connectivity index (χ0v) is 14.2. The zero-order valence-electron chi connectivity index (χ0n) is 14.2. The third-order valence-corrected chi connectivity index (χ3v) is 4.10. The van der Waals surface area contributed by atoms with E-state index in [1.165, 1.54) is 0 Å². The number of para-hydroxylation sites is 2. The van der Waals surface area contributed by atoms with Gasteiger partial charge in [0.05, 0.1) is 7.11 Å². The first kappa shape index (κ1) is 16.8. The predicted octanol–water partition coefficient (Wildman–Crippen LogP) is 4.93. The van der Waals surface area contributed by atoms with Gasteiger partial charge in [0.2, 0.25) is 5.91 Å². The van der Waals surface area contributed by atoms with Crippen molar-refractivity contribution in [1.82, 2.24) is 0 Å². The maximum Gasteiger partial charge on any atom is 0.224 e. The second-order valence-electron chi connectivity index (χ2n) is 5.77. The second-order valence-corrected chi connectivity index (χ2v) is 5.77. The largest absolute Gasteiger partial charge is 0.496 e. The molecule has 0 saturated carbocycles. The lowest BCUT2D eigenvalue weighted by atomic mass is 10.0. The van der Waals surface area contributed by atoms with Gasteiger partial charge in [-0.3, -0.25) is 4.79 Å². The minimum atomic E-state index is -0.00529. The number of nitrogens with one attached hydrogen (secondary N) is 1. The molecule has 3 heteroatoms. The quantitative estimate of drug-likeness (QED) is 0.695. The molecule has 0 bridgehead atoms. The Bertz CT molecular complexity index is 843. The molecular formula is C22H21NO2. The van der Waals surface area contributed by atoms with Crippen LogP contribution >= 0.6 is 0 Å². The summed E-state index contributed by atoms with van der Waals surface area (Å²) in [4.78, 5) is 12.4. The molecule has 25 heavy (non-hydrogen) atoms. The summed E-state index contributed by atoms with van der Waals surface area (Å²) in [6, 6.07) is 25.7. The minimum Gasteiger partial charge on any atom is -0.496 e. The SMILES string of the molecule is COc1ccccc1CCC(=O)Nc1ccccc1-c1ccccc1. The van der Waals surface area contributed by atoms with Gasteiger partial charge in [0, 0.05) is 17.7 Å². The van der Waals surface area contributed by atoms with Crippen LogP contribution in [0.2, 0.25) is 0 Å². The number of amides is 1. The standard InChI is InChI=1S/C22H21NO2/c1-25-21-14-8-5-11-18(21)15-16-22(24)23-20-13-7-6-12-19(20)17-9-3-2-4-10-17/h2-14H,15-16H2,1H3,(H,23,24). The van der Waals surface area contributed by atoms with Crippen LogP contribution in [0.4, 0.5) is 5.69 Å². The number of anilines is 1. The topological polar surface area (TPSA) is 38.3 Å². The van der Waals surface area contributed by atoms with Crippen LogP contribution < -0.4 is 10.1 Å². The maximum absolute atomic E-state index is 12.4. The highest BCUT2D eigenvalue weighted by Gasteiger charge is 2.09. The van der Waals surface area contributed by atoms with E-state index in [9.17, 15) is 4.79 Å². The van der Waals surface area contributed by atoms with Gasteiger partial charge in [-0.15, -0.1) is 0 Å². The van der Waals surface area contributed by atoms with Gasteiger partial charge >= 0.3 is 0 Å². The van der Waals surface area contributed by atoms with E-state index in [0.29, 0.717) is 12.8 Å². The summed E-state index contributed by atoms with van der Waals surface area (Å²) in [5, 5.41) is 3.04. The third kappa shape index (κ3) is 4.27. The highest BCUT2D eigenvalue weighted by atomic mass is 16.5. The van der Waals surface area contributed by atoms with Crippen molar-refractivity contribution < 1.29 is 9.53 Å². The monoisotopic (exact) mass is 331 g/mol. The van der Waals surface area contributed by atoms with Crippen molar-refractivity contribution in [3.05, 3.63) is 84.4 Å². The van der Waals surface area contributed by atoms with Gasteiger partial charge in [-0.05, 0) is 29.7 Å². The second kappa shape index (κ2) is 8.15. The van der Waals surface area contributed by atoms with Crippen LogP contribution in [0.15, 0.2) is 78.9 Å². The highest BCUT2D eigenvalue weighted by Crippen LogP contribution is 2.28. The normalized spacial score (nSPS) is 10.3. The zero-order chi connectivity index (χ0) is 17.5. The van der Waals surface area contributed by atoms with E-state index in [1.54, 1.807) is 7.11 Å². The van der Waals surface area contributed by atoms with Crippen LogP contribution in [0.1, 0.15) is 12.0 Å². The predicted molar refractivity (Wildman–Crippen MR) is 102 cm³/mol. The molecule has 0 spiro atoms. The summed E-state index contributed by atoms with van der Waals surface area (Å²) in [6.07, 6.45) is 1.05. The first-order chi connectivity index (χ1) is 12.3. The number of carbonyl (C=O) groups is 1. The molecule has 3 aromatic rings. The summed E-state index contributed by atoms with van der Waals surface area (Å²) in [5.41, 5.74) is 3.98. The number of aryl methyl sites for hydroxylation is 1. The summed E-state index contributed by atoms with van der Waals surface area (Å²) in [7, 11) is 1.65. The van der Waals surface area contributed by atoms with E-state index in [0.717, 1.165) is 28.1 Å². The molecular weight excluding hydrogens is 310 g/mol. The van der Waals surface area contributed by atoms with Crippen molar-refractivity contribution in [2.45, 2.75) is 12.8 Å². The first-order valence-electron chi connectivity index (χ1n) is 8.34. The Hall–Kier alpha value is -3.07. The molecule has 0 heterocycles. The summed E-state index contributed by atoms with van der Waals surface area (Å²) < 4.78 is 5.34. The van der Waals surface area contributed by atoms with Crippen LogP contribution in [-0.4, -0.2) is 13.0 Å². The molecule has 0 fully saturated rings. The van der Waals surface area contributed by atoms with E-state index in [1.807, 2.05) is 78.9 Å². The Morgan fingerprint density at radius 2 is 1.56 bits per heavy atom. The molecule has 126 valence electrons. The molecule has 1 amide bonds. The Labute approximate surface area is 148 Å². The van der Waals surface area contributed by atoms with Crippen molar-refractivity contribution in [2.75, 3.05) is 12.4 Å². The van der Waals surface area contributed by atoms with E-state index < -0.39 is 0 Å². The molecule has 0 radical (unpaired) electrons. The van der Waals surface area contributed by atoms with Crippen LogP contribution in [0, 0.1) is 0 Å². The lowest BCUT2D eigenvalue weighted by Crippen LogP contribution is -2.13. The van der Waals surface area contributed by atoms with E-state index >= 15 is 0 Å². The van der Waals surface area contributed by atoms with Crippen molar-refractivity contribution in [3.8, 4) is 16.9 Å². The van der Waals surface area contributed by atoms with Gasteiger partial charge in [-0.2, -0.15) is 0 Å². The number of ether oxygens (including phenoxy) is 1. The van der Waals surface area contributed by atoms with Gasteiger partial charge < -0.3 is 10.1 Å². The molecule has 0 unspecified atom stereocenters. The Balaban J connectivity index is 1.70. The molecule has 0 aliphatic carbocycles. The fraction of sp³-hybridized carbons (Fsp3) is 0.136. The van der Waals surface area contributed by atoms with Gasteiger partial charge in [-0.25, -0.2) is 0 Å². The smallest absolute Gasteiger partial charge is 0.224 e. The maximum atomic E-state index is 12.4. The molecule has 0 saturated heterocycles. The summed E-state index contributed by atoms with van der Waals surface area (Å²) in [6.45, 7) is 0. The molecule has 0 atom stereocenters. The van der Waals surface area contributed by atoms with Gasteiger partial charge in [-0.1, -0.05) is 66.7 Å². The third-order valence-electron chi connectivity index (χ3n) is 4.10.